The maximum absolute atomic E-state index is 12.7. The number of aliphatic carboxylic acids is 1. The summed E-state index contributed by atoms with van der Waals surface area (Å²) in [6.07, 6.45) is 1.41. The number of hydrogen-bond acceptors (Lipinski definition) is 4. The van der Waals surface area contributed by atoms with Crippen LogP contribution in [0.25, 0.3) is 0 Å². The zero-order valence-corrected chi connectivity index (χ0v) is 15.4. The van der Waals surface area contributed by atoms with Crippen LogP contribution < -0.4 is 5.32 Å². The SMILES string of the molecule is Cc1nn(Cc2ccccc2)c(C)c1NC(=O)c1ccnn1C(C)C(=O)O. The molecule has 0 saturated heterocycles. The Morgan fingerprint density at radius 2 is 1.89 bits per heavy atom. The fourth-order valence-corrected chi connectivity index (χ4v) is 2.87. The molecule has 0 bridgehead atoms. The number of carboxylic acid groups (broad SMARTS) is 1. The van der Waals surface area contributed by atoms with E-state index in [1.165, 1.54) is 23.9 Å². The van der Waals surface area contributed by atoms with Gasteiger partial charge >= 0.3 is 5.97 Å². The van der Waals surface area contributed by atoms with Gasteiger partial charge in [0.2, 0.25) is 0 Å². The predicted octanol–water partition coefficient (Wildman–Crippen LogP) is 2.64. The number of aromatic nitrogens is 4. The smallest absolute Gasteiger partial charge is 0.328 e. The monoisotopic (exact) mass is 367 g/mol. The largest absolute Gasteiger partial charge is 0.480 e. The molecule has 1 amide bonds. The van der Waals surface area contributed by atoms with Crippen LogP contribution in [0.2, 0.25) is 0 Å². The van der Waals surface area contributed by atoms with Gasteiger partial charge in [0.15, 0.2) is 0 Å². The van der Waals surface area contributed by atoms with Gasteiger partial charge in [-0.3, -0.25) is 9.48 Å². The van der Waals surface area contributed by atoms with Crippen LogP contribution in [0.15, 0.2) is 42.6 Å². The van der Waals surface area contributed by atoms with Crippen molar-refractivity contribution in [1.82, 2.24) is 19.6 Å². The van der Waals surface area contributed by atoms with Crippen molar-refractivity contribution in [2.24, 2.45) is 0 Å². The van der Waals surface area contributed by atoms with Gasteiger partial charge in [-0.05, 0) is 32.4 Å². The Kier molecular flexibility index (Phi) is 5.07. The van der Waals surface area contributed by atoms with Crippen molar-refractivity contribution >= 4 is 17.6 Å². The van der Waals surface area contributed by atoms with E-state index in [9.17, 15) is 14.7 Å². The molecule has 0 spiro atoms. The Balaban J connectivity index is 1.83. The van der Waals surface area contributed by atoms with Gasteiger partial charge in [-0.1, -0.05) is 30.3 Å². The molecule has 1 atom stereocenters. The lowest BCUT2D eigenvalue weighted by Crippen LogP contribution is -2.24. The second-order valence-electron chi connectivity index (χ2n) is 6.32. The average Bonchev–Trinajstić information content (AvgIpc) is 3.23. The van der Waals surface area contributed by atoms with Gasteiger partial charge in [0.25, 0.3) is 5.91 Å². The van der Waals surface area contributed by atoms with E-state index in [4.69, 9.17) is 0 Å². The number of nitrogens with zero attached hydrogens (tertiary/aromatic N) is 4. The Morgan fingerprint density at radius 3 is 2.56 bits per heavy atom. The first-order chi connectivity index (χ1) is 12.9. The third-order valence-electron chi connectivity index (χ3n) is 4.42. The molecule has 0 saturated carbocycles. The van der Waals surface area contributed by atoms with Crippen molar-refractivity contribution in [3.05, 3.63) is 65.2 Å². The number of carbonyl (C=O) groups excluding carboxylic acids is 1. The molecule has 27 heavy (non-hydrogen) atoms. The predicted molar refractivity (Wildman–Crippen MR) is 99.8 cm³/mol. The van der Waals surface area contributed by atoms with Crippen LogP contribution in [-0.4, -0.2) is 36.5 Å². The van der Waals surface area contributed by atoms with Crippen molar-refractivity contribution in [3.8, 4) is 0 Å². The van der Waals surface area contributed by atoms with Gasteiger partial charge in [0, 0.05) is 6.20 Å². The maximum Gasteiger partial charge on any atom is 0.328 e. The molecular formula is C19H21N5O3. The topological polar surface area (TPSA) is 102 Å². The van der Waals surface area contributed by atoms with Gasteiger partial charge in [0.05, 0.1) is 23.6 Å². The third-order valence-corrected chi connectivity index (χ3v) is 4.42. The second kappa shape index (κ2) is 7.45. The summed E-state index contributed by atoms with van der Waals surface area (Å²) >= 11 is 0. The standard InChI is InChI=1S/C19H21N5O3/c1-12-17(13(2)23(22-12)11-15-7-5-4-6-8-15)21-18(25)16-9-10-20-24(16)14(3)19(26)27/h4-10,14H,11H2,1-3H3,(H,21,25)(H,26,27). The minimum Gasteiger partial charge on any atom is -0.480 e. The highest BCUT2D eigenvalue weighted by atomic mass is 16.4. The van der Waals surface area contributed by atoms with Gasteiger partial charge in [-0.15, -0.1) is 0 Å². The molecule has 1 aromatic carbocycles. The normalized spacial score (nSPS) is 12.0. The minimum absolute atomic E-state index is 0.180. The van der Waals surface area contributed by atoms with E-state index in [2.05, 4.69) is 15.5 Å². The van der Waals surface area contributed by atoms with Crippen molar-refractivity contribution in [2.45, 2.75) is 33.4 Å². The number of anilines is 1. The highest BCUT2D eigenvalue weighted by molar-refractivity contribution is 6.04. The minimum atomic E-state index is -1.06. The number of nitrogens with one attached hydrogen (secondary N) is 1. The highest BCUT2D eigenvalue weighted by Gasteiger charge is 2.22. The Bertz CT molecular complexity index is 975. The molecule has 0 aliphatic carbocycles. The highest BCUT2D eigenvalue weighted by Crippen LogP contribution is 2.22. The van der Waals surface area contributed by atoms with E-state index in [0.29, 0.717) is 17.9 Å². The zero-order chi connectivity index (χ0) is 19.6. The summed E-state index contributed by atoms with van der Waals surface area (Å²) in [4.78, 5) is 23.9. The first kappa shape index (κ1) is 18.4. The Labute approximate surface area is 156 Å². The summed E-state index contributed by atoms with van der Waals surface area (Å²) < 4.78 is 3.02. The van der Waals surface area contributed by atoms with Crippen LogP contribution in [0.3, 0.4) is 0 Å². The fourth-order valence-electron chi connectivity index (χ4n) is 2.87. The number of rotatable bonds is 6. The van der Waals surface area contributed by atoms with Gasteiger partial charge in [-0.2, -0.15) is 10.2 Å². The van der Waals surface area contributed by atoms with E-state index in [0.717, 1.165) is 11.3 Å². The number of carbonyl (C=O) groups is 2. The quantitative estimate of drug-likeness (QED) is 0.697. The number of benzene rings is 1. The molecular weight excluding hydrogens is 346 g/mol. The molecule has 8 nitrogen and oxygen atoms in total. The van der Waals surface area contributed by atoms with E-state index in [-0.39, 0.29) is 5.69 Å². The molecule has 2 aromatic heterocycles. The molecule has 0 aliphatic heterocycles. The van der Waals surface area contributed by atoms with Gasteiger partial charge < -0.3 is 10.4 Å². The van der Waals surface area contributed by atoms with Crippen molar-refractivity contribution in [2.75, 3.05) is 5.32 Å². The van der Waals surface area contributed by atoms with Gasteiger partial charge in [-0.25, -0.2) is 9.48 Å². The number of hydrogen-bond donors (Lipinski definition) is 2. The van der Waals surface area contributed by atoms with E-state index in [1.54, 1.807) is 0 Å². The molecule has 8 heteroatoms. The van der Waals surface area contributed by atoms with Crippen LogP contribution in [0.5, 0.6) is 0 Å². The summed E-state index contributed by atoms with van der Waals surface area (Å²) in [6, 6.07) is 10.5. The first-order valence-corrected chi connectivity index (χ1v) is 8.54. The molecule has 0 aliphatic rings. The molecule has 3 rings (SSSR count). The fraction of sp³-hybridized carbons (Fsp3) is 0.263. The molecule has 3 aromatic rings. The molecule has 0 fully saturated rings. The van der Waals surface area contributed by atoms with Crippen LogP contribution in [0.1, 0.15) is 40.4 Å². The third kappa shape index (κ3) is 3.74. The maximum atomic E-state index is 12.7. The molecule has 1 unspecified atom stereocenters. The van der Waals surface area contributed by atoms with Crippen molar-refractivity contribution in [1.29, 1.82) is 0 Å². The zero-order valence-electron chi connectivity index (χ0n) is 15.4. The van der Waals surface area contributed by atoms with E-state index in [1.807, 2.05) is 48.9 Å². The summed E-state index contributed by atoms with van der Waals surface area (Å²) in [6.45, 7) is 5.77. The van der Waals surface area contributed by atoms with Crippen molar-refractivity contribution < 1.29 is 14.7 Å². The van der Waals surface area contributed by atoms with E-state index >= 15 is 0 Å². The molecule has 0 radical (unpaired) electrons. The molecule has 2 N–H and O–H groups in total. The van der Waals surface area contributed by atoms with Crippen LogP contribution >= 0.6 is 0 Å². The lowest BCUT2D eigenvalue weighted by Gasteiger charge is -2.12. The first-order valence-electron chi connectivity index (χ1n) is 8.54. The second-order valence-corrected chi connectivity index (χ2v) is 6.32. The lowest BCUT2D eigenvalue weighted by atomic mass is 10.2. The average molecular weight is 367 g/mol. The summed E-state index contributed by atoms with van der Waals surface area (Å²) in [7, 11) is 0. The van der Waals surface area contributed by atoms with Crippen molar-refractivity contribution in [3.63, 3.8) is 0 Å². The van der Waals surface area contributed by atoms with Gasteiger partial charge in [0.1, 0.15) is 11.7 Å². The Morgan fingerprint density at radius 1 is 1.19 bits per heavy atom. The van der Waals surface area contributed by atoms with Crippen LogP contribution in [0, 0.1) is 13.8 Å². The number of aryl methyl sites for hydroxylation is 1. The molecule has 140 valence electrons. The van der Waals surface area contributed by atoms with E-state index < -0.39 is 17.9 Å². The number of amides is 1. The number of carboxylic acids is 1. The Hall–Kier alpha value is -3.42. The summed E-state index contributed by atoms with van der Waals surface area (Å²) in [5.41, 5.74) is 3.41. The summed E-state index contributed by atoms with van der Waals surface area (Å²) in [5, 5.41) is 20.5. The van der Waals surface area contributed by atoms with Crippen LogP contribution in [-0.2, 0) is 11.3 Å². The lowest BCUT2D eigenvalue weighted by molar-refractivity contribution is -0.140. The molecule has 2 heterocycles. The summed E-state index contributed by atoms with van der Waals surface area (Å²) in [5.74, 6) is -1.48. The van der Waals surface area contributed by atoms with Crippen LogP contribution in [0.4, 0.5) is 5.69 Å².